The molecule has 1 heterocycles. The standard InChI is InChI=1S/C15H16FNO/c16-13-6-4-11(5-7-13)8-17-9-12-2-1-3-15(18)14(12)10-17/h4-7,9-10,15,18H,1-3,8H2. The highest BCUT2D eigenvalue weighted by molar-refractivity contribution is 5.30. The van der Waals surface area contributed by atoms with E-state index in [1.165, 1.54) is 17.7 Å². The Morgan fingerprint density at radius 2 is 2.00 bits per heavy atom. The molecule has 0 fully saturated rings. The largest absolute Gasteiger partial charge is 0.388 e. The number of fused-ring (bicyclic) bond motifs is 1. The molecule has 1 aliphatic rings. The van der Waals surface area contributed by atoms with Crippen LogP contribution in [0.4, 0.5) is 4.39 Å². The van der Waals surface area contributed by atoms with Crippen LogP contribution in [0.1, 0.15) is 35.6 Å². The molecule has 1 atom stereocenters. The predicted octanol–water partition coefficient (Wildman–Crippen LogP) is 3.05. The van der Waals surface area contributed by atoms with E-state index in [0.29, 0.717) is 0 Å². The lowest BCUT2D eigenvalue weighted by Gasteiger charge is -2.16. The first-order valence-corrected chi connectivity index (χ1v) is 6.33. The Bertz CT molecular complexity index is 544. The Balaban J connectivity index is 1.83. The second kappa shape index (κ2) is 4.58. The Morgan fingerprint density at radius 1 is 1.22 bits per heavy atom. The first-order chi connectivity index (χ1) is 8.72. The van der Waals surface area contributed by atoms with Crippen molar-refractivity contribution in [1.82, 2.24) is 4.57 Å². The van der Waals surface area contributed by atoms with Gasteiger partial charge in [0.25, 0.3) is 0 Å². The summed E-state index contributed by atoms with van der Waals surface area (Å²) in [6, 6.07) is 6.55. The molecule has 0 bridgehead atoms. The van der Waals surface area contributed by atoms with Gasteiger partial charge in [0.2, 0.25) is 0 Å². The summed E-state index contributed by atoms with van der Waals surface area (Å²) in [5.74, 6) is -0.207. The molecule has 0 aliphatic heterocycles. The van der Waals surface area contributed by atoms with Crippen molar-refractivity contribution in [1.29, 1.82) is 0 Å². The molecule has 0 spiro atoms. The molecule has 0 radical (unpaired) electrons. The number of hydrogen-bond acceptors (Lipinski definition) is 1. The summed E-state index contributed by atoms with van der Waals surface area (Å²) in [6.07, 6.45) is 6.75. The molecule has 1 aromatic heterocycles. The number of halogens is 1. The van der Waals surface area contributed by atoms with Crippen molar-refractivity contribution in [2.75, 3.05) is 0 Å². The quantitative estimate of drug-likeness (QED) is 0.864. The van der Waals surface area contributed by atoms with Crippen molar-refractivity contribution in [2.45, 2.75) is 31.9 Å². The van der Waals surface area contributed by atoms with Crippen LogP contribution >= 0.6 is 0 Å². The van der Waals surface area contributed by atoms with Crippen molar-refractivity contribution in [3.8, 4) is 0 Å². The first kappa shape index (κ1) is 11.5. The van der Waals surface area contributed by atoms with Crippen LogP contribution in [0, 0.1) is 5.82 Å². The molecule has 1 unspecified atom stereocenters. The van der Waals surface area contributed by atoms with Gasteiger partial charge in [-0.1, -0.05) is 12.1 Å². The van der Waals surface area contributed by atoms with Crippen molar-refractivity contribution < 1.29 is 9.50 Å². The van der Waals surface area contributed by atoms with E-state index >= 15 is 0 Å². The molecule has 1 N–H and O–H groups in total. The Hall–Kier alpha value is -1.61. The van der Waals surface area contributed by atoms with Gasteiger partial charge in [-0.05, 0) is 42.5 Å². The molecule has 0 saturated carbocycles. The highest BCUT2D eigenvalue weighted by Gasteiger charge is 2.19. The minimum Gasteiger partial charge on any atom is -0.388 e. The number of aliphatic hydroxyl groups excluding tert-OH is 1. The lowest BCUT2D eigenvalue weighted by atomic mass is 9.93. The zero-order valence-electron chi connectivity index (χ0n) is 10.1. The molecule has 3 heteroatoms. The van der Waals surface area contributed by atoms with Gasteiger partial charge < -0.3 is 9.67 Å². The van der Waals surface area contributed by atoms with Gasteiger partial charge in [0.05, 0.1) is 6.10 Å². The lowest BCUT2D eigenvalue weighted by Crippen LogP contribution is -2.05. The molecule has 2 aromatic rings. The molecule has 1 aliphatic carbocycles. The van der Waals surface area contributed by atoms with Crippen LogP contribution in [-0.2, 0) is 13.0 Å². The third-order valence-corrected chi connectivity index (χ3v) is 3.56. The number of nitrogens with zero attached hydrogens (tertiary/aromatic N) is 1. The van der Waals surface area contributed by atoms with E-state index in [9.17, 15) is 9.50 Å². The van der Waals surface area contributed by atoms with Crippen molar-refractivity contribution in [3.63, 3.8) is 0 Å². The third kappa shape index (κ3) is 2.18. The fourth-order valence-corrected chi connectivity index (χ4v) is 2.62. The third-order valence-electron chi connectivity index (χ3n) is 3.56. The highest BCUT2D eigenvalue weighted by atomic mass is 19.1. The van der Waals surface area contributed by atoms with E-state index in [1.807, 2.05) is 6.20 Å². The van der Waals surface area contributed by atoms with Gasteiger partial charge in [0.15, 0.2) is 0 Å². The monoisotopic (exact) mass is 245 g/mol. The molecule has 0 saturated heterocycles. The molecule has 2 nitrogen and oxygen atoms in total. The summed E-state index contributed by atoms with van der Waals surface area (Å²) < 4.78 is 14.9. The van der Waals surface area contributed by atoms with Crippen molar-refractivity contribution in [2.24, 2.45) is 0 Å². The summed E-state index contributed by atoms with van der Waals surface area (Å²) in [5, 5.41) is 9.91. The van der Waals surface area contributed by atoms with Gasteiger partial charge in [0.1, 0.15) is 5.82 Å². The van der Waals surface area contributed by atoms with E-state index in [-0.39, 0.29) is 11.9 Å². The normalized spacial score (nSPS) is 18.7. The maximum Gasteiger partial charge on any atom is 0.123 e. The Morgan fingerprint density at radius 3 is 2.72 bits per heavy atom. The summed E-state index contributed by atoms with van der Waals surface area (Å²) >= 11 is 0. The van der Waals surface area contributed by atoms with Gasteiger partial charge in [-0.25, -0.2) is 4.39 Å². The van der Waals surface area contributed by atoms with Gasteiger partial charge in [-0.15, -0.1) is 0 Å². The van der Waals surface area contributed by atoms with Crippen LogP contribution in [0.25, 0.3) is 0 Å². The second-order valence-corrected chi connectivity index (χ2v) is 4.95. The smallest absolute Gasteiger partial charge is 0.123 e. The maximum absolute atomic E-state index is 12.8. The molecule has 0 amide bonds. The second-order valence-electron chi connectivity index (χ2n) is 4.95. The summed E-state index contributed by atoms with van der Waals surface area (Å²) in [5.41, 5.74) is 3.37. The lowest BCUT2D eigenvalue weighted by molar-refractivity contribution is 0.157. The fourth-order valence-electron chi connectivity index (χ4n) is 2.62. The van der Waals surface area contributed by atoms with E-state index in [0.717, 1.165) is 36.9 Å². The molecule has 3 rings (SSSR count). The molecular formula is C15H16FNO. The topological polar surface area (TPSA) is 25.2 Å². The minimum absolute atomic E-state index is 0.207. The SMILES string of the molecule is OC1CCCc2cn(Cc3ccc(F)cc3)cc21. The van der Waals surface area contributed by atoms with Crippen molar-refractivity contribution in [3.05, 3.63) is 59.2 Å². The molecule has 18 heavy (non-hydrogen) atoms. The zero-order valence-corrected chi connectivity index (χ0v) is 10.1. The first-order valence-electron chi connectivity index (χ1n) is 6.33. The van der Waals surface area contributed by atoms with Crippen LogP contribution in [0.2, 0.25) is 0 Å². The van der Waals surface area contributed by atoms with Crippen molar-refractivity contribution >= 4 is 0 Å². The van der Waals surface area contributed by atoms with E-state index in [2.05, 4.69) is 10.8 Å². The number of rotatable bonds is 2. The molecule has 1 aromatic carbocycles. The predicted molar refractivity (Wildman–Crippen MR) is 67.8 cm³/mol. The highest BCUT2D eigenvalue weighted by Crippen LogP contribution is 2.30. The van der Waals surface area contributed by atoms with E-state index < -0.39 is 0 Å². The van der Waals surface area contributed by atoms with Gasteiger partial charge >= 0.3 is 0 Å². The van der Waals surface area contributed by atoms with Crippen LogP contribution in [0.15, 0.2) is 36.7 Å². The fraction of sp³-hybridized carbons (Fsp3) is 0.333. The molecular weight excluding hydrogens is 229 g/mol. The maximum atomic E-state index is 12.8. The van der Waals surface area contributed by atoms with Crippen LogP contribution in [0.5, 0.6) is 0 Å². The molecule has 94 valence electrons. The number of aliphatic hydroxyl groups is 1. The zero-order chi connectivity index (χ0) is 12.5. The number of aromatic nitrogens is 1. The number of hydrogen-bond donors (Lipinski definition) is 1. The van der Waals surface area contributed by atoms with Gasteiger partial charge in [0, 0.05) is 24.5 Å². The van der Waals surface area contributed by atoms with Gasteiger partial charge in [-0.3, -0.25) is 0 Å². The summed E-state index contributed by atoms with van der Waals surface area (Å²) in [7, 11) is 0. The van der Waals surface area contributed by atoms with Gasteiger partial charge in [-0.2, -0.15) is 0 Å². The van der Waals surface area contributed by atoms with E-state index in [1.54, 1.807) is 12.1 Å². The minimum atomic E-state index is -0.316. The van der Waals surface area contributed by atoms with Crippen LogP contribution in [0.3, 0.4) is 0 Å². The summed E-state index contributed by atoms with van der Waals surface area (Å²) in [6.45, 7) is 0.722. The Kier molecular flexibility index (Phi) is 2.92. The number of benzene rings is 1. The number of aryl methyl sites for hydroxylation is 1. The van der Waals surface area contributed by atoms with Crippen LogP contribution in [-0.4, -0.2) is 9.67 Å². The van der Waals surface area contributed by atoms with Crippen LogP contribution < -0.4 is 0 Å². The van der Waals surface area contributed by atoms with E-state index in [4.69, 9.17) is 0 Å². The average Bonchev–Trinajstić information content (AvgIpc) is 2.76. The summed E-state index contributed by atoms with van der Waals surface area (Å²) in [4.78, 5) is 0. The average molecular weight is 245 g/mol. The Labute approximate surface area is 106 Å².